The molecule has 1 amide bonds. The highest BCUT2D eigenvalue weighted by Crippen LogP contribution is 2.32. The van der Waals surface area contributed by atoms with Crippen molar-refractivity contribution in [3.05, 3.63) is 70.9 Å². The third-order valence-electron chi connectivity index (χ3n) is 4.62. The summed E-state index contributed by atoms with van der Waals surface area (Å²) in [6.45, 7) is 0.397. The number of rotatable bonds is 6. The fraction of sp³-hybridized carbons (Fsp3) is 0.238. The van der Waals surface area contributed by atoms with Gasteiger partial charge in [-0.1, -0.05) is 28.9 Å². The number of aromatic nitrogens is 1. The first-order valence-corrected chi connectivity index (χ1v) is 9.19. The number of carbonyl (C=O) groups is 1. The molecule has 1 heterocycles. The first kappa shape index (κ1) is 17.6. The fourth-order valence-electron chi connectivity index (χ4n) is 2.99. The van der Waals surface area contributed by atoms with Crippen molar-refractivity contribution in [3.8, 4) is 17.1 Å². The summed E-state index contributed by atoms with van der Waals surface area (Å²) in [7, 11) is 1.63. The first-order chi connectivity index (χ1) is 13.2. The Morgan fingerprint density at radius 3 is 2.63 bits per heavy atom. The van der Waals surface area contributed by atoms with Crippen molar-refractivity contribution in [2.75, 3.05) is 7.11 Å². The Kier molecular flexibility index (Phi) is 4.86. The van der Waals surface area contributed by atoms with Crippen LogP contribution in [0.25, 0.3) is 11.3 Å². The molecule has 1 aromatic heterocycles. The Morgan fingerprint density at radius 2 is 1.96 bits per heavy atom. The van der Waals surface area contributed by atoms with Gasteiger partial charge in [0.05, 0.1) is 24.2 Å². The van der Waals surface area contributed by atoms with Crippen LogP contribution in [0.1, 0.15) is 28.9 Å². The molecule has 138 valence electrons. The summed E-state index contributed by atoms with van der Waals surface area (Å²) in [5, 5.41) is 4.62. The average molecular weight is 383 g/mol. The van der Waals surface area contributed by atoms with Crippen LogP contribution in [0.15, 0.2) is 59.1 Å². The van der Waals surface area contributed by atoms with Crippen molar-refractivity contribution in [3.63, 3.8) is 0 Å². The maximum Gasteiger partial charge on any atom is 0.255 e. The van der Waals surface area contributed by atoms with Gasteiger partial charge in [0.2, 0.25) is 0 Å². The molecule has 3 aromatic rings. The standard InChI is InChI=1S/C21H19ClN2O3/c1-26-17-10-6-14(7-11-17)20-12-15(23-27-20)13-24(16-8-9-16)21(25)18-4-2-3-5-19(18)22/h2-7,10-12,16H,8-9,13H2,1H3. The number of benzene rings is 2. The van der Waals surface area contributed by atoms with Gasteiger partial charge < -0.3 is 14.2 Å². The van der Waals surface area contributed by atoms with E-state index in [1.807, 2.05) is 47.4 Å². The molecule has 0 radical (unpaired) electrons. The van der Waals surface area contributed by atoms with Crippen molar-refractivity contribution in [1.82, 2.24) is 10.1 Å². The van der Waals surface area contributed by atoms with Crippen molar-refractivity contribution >= 4 is 17.5 Å². The Hall–Kier alpha value is -2.79. The molecule has 0 spiro atoms. The second kappa shape index (κ2) is 7.45. The monoisotopic (exact) mass is 382 g/mol. The highest BCUT2D eigenvalue weighted by Gasteiger charge is 2.34. The van der Waals surface area contributed by atoms with Crippen LogP contribution in [0.3, 0.4) is 0 Å². The third kappa shape index (κ3) is 3.83. The second-order valence-electron chi connectivity index (χ2n) is 6.56. The van der Waals surface area contributed by atoms with E-state index in [0.29, 0.717) is 28.6 Å². The van der Waals surface area contributed by atoms with Crippen LogP contribution in [0.2, 0.25) is 5.02 Å². The van der Waals surface area contributed by atoms with E-state index in [9.17, 15) is 4.79 Å². The molecule has 1 aliphatic rings. The Balaban J connectivity index is 1.54. The molecule has 1 aliphatic carbocycles. The number of amides is 1. The first-order valence-electron chi connectivity index (χ1n) is 8.81. The van der Waals surface area contributed by atoms with E-state index < -0.39 is 0 Å². The van der Waals surface area contributed by atoms with Crippen LogP contribution in [0.5, 0.6) is 5.75 Å². The largest absolute Gasteiger partial charge is 0.497 e. The number of ether oxygens (including phenoxy) is 1. The van der Waals surface area contributed by atoms with Crippen molar-refractivity contribution < 1.29 is 14.1 Å². The molecule has 5 nitrogen and oxygen atoms in total. The van der Waals surface area contributed by atoms with Gasteiger partial charge in [0.25, 0.3) is 5.91 Å². The summed E-state index contributed by atoms with van der Waals surface area (Å²) in [6.07, 6.45) is 2.00. The van der Waals surface area contributed by atoms with Crippen LogP contribution in [0.4, 0.5) is 0 Å². The highest BCUT2D eigenvalue weighted by atomic mass is 35.5. The third-order valence-corrected chi connectivity index (χ3v) is 4.95. The van der Waals surface area contributed by atoms with Crippen molar-refractivity contribution in [2.45, 2.75) is 25.4 Å². The lowest BCUT2D eigenvalue weighted by Gasteiger charge is -2.21. The second-order valence-corrected chi connectivity index (χ2v) is 6.96. The van der Waals surface area contributed by atoms with Gasteiger partial charge in [-0.25, -0.2) is 0 Å². The topological polar surface area (TPSA) is 55.6 Å². The molecular formula is C21H19ClN2O3. The number of hydrogen-bond donors (Lipinski definition) is 0. The van der Waals surface area contributed by atoms with Gasteiger partial charge in [-0.2, -0.15) is 0 Å². The van der Waals surface area contributed by atoms with Crippen LogP contribution in [0, 0.1) is 0 Å². The van der Waals surface area contributed by atoms with Gasteiger partial charge in [0, 0.05) is 17.7 Å². The van der Waals surface area contributed by atoms with E-state index in [2.05, 4.69) is 5.16 Å². The van der Waals surface area contributed by atoms with E-state index in [4.69, 9.17) is 20.9 Å². The number of halogens is 1. The molecule has 1 saturated carbocycles. The number of nitrogens with zero attached hydrogens (tertiary/aromatic N) is 2. The molecule has 1 fully saturated rings. The van der Waals surface area contributed by atoms with E-state index in [1.165, 1.54) is 0 Å². The minimum Gasteiger partial charge on any atom is -0.497 e. The summed E-state index contributed by atoms with van der Waals surface area (Å²) in [5.41, 5.74) is 2.14. The fourth-order valence-corrected chi connectivity index (χ4v) is 3.21. The summed E-state index contributed by atoms with van der Waals surface area (Å²) >= 11 is 6.21. The Bertz CT molecular complexity index is 948. The lowest BCUT2D eigenvalue weighted by atomic mass is 10.1. The summed E-state index contributed by atoms with van der Waals surface area (Å²) in [6, 6.07) is 16.8. The van der Waals surface area contributed by atoms with E-state index >= 15 is 0 Å². The molecule has 0 N–H and O–H groups in total. The van der Waals surface area contributed by atoms with E-state index in [1.54, 1.807) is 19.2 Å². The number of hydrogen-bond acceptors (Lipinski definition) is 4. The van der Waals surface area contributed by atoms with Crippen molar-refractivity contribution in [2.24, 2.45) is 0 Å². The molecule has 0 unspecified atom stereocenters. The van der Waals surface area contributed by atoms with Gasteiger partial charge in [-0.15, -0.1) is 0 Å². The molecule has 2 aromatic carbocycles. The zero-order chi connectivity index (χ0) is 18.8. The van der Waals surface area contributed by atoms with E-state index in [0.717, 1.165) is 24.2 Å². The van der Waals surface area contributed by atoms with Crippen LogP contribution < -0.4 is 4.74 Å². The average Bonchev–Trinajstić information content (AvgIpc) is 3.44. The number of carbonyl (C=O) groups excluding carboxylic acids is 1. The molecule has 0 saturated heterocycles. The smallest absolute Gasteiger partial charge is 0.255 e. The van der Waals surface area contributed by atoms with Gasteiger partial charge in [-0.3, -0.25) is 4.79 Å². The zero-order valence-electron chi connectivity index (χ0n) is 14.9. The highest BCUT2D eigenvalue weighted by molar-refractivity contribution is 6.33. The number of methoxy groups -OCH3 is 1. The van der Waals surface area contributed by atoms with Gasteiger partial charge in [-0.05, 0) is 49.2 Å². The molecule has 0 atom stereocenters. The van der Waals surface area contributed by atoms with Gasteiger partial charge in [0.15, 0.2) is 5.76 Å². The predicted molar refractivity (Wildman–Crippen MR) is 103 cm³/mol. The minimum absolute atomic E-state index is 0.0721. The summed E-state index contributed by atoms with van der Waals surface area (Å²) in [5.74, 6) is 1.37. The summed E-state index contributed by atoms with van der Waals surface area (Å²) < 4.78 is 10.7. The molecule has 4 rings (SSSR count). The summed E-state index contributed by atoms with van der Waals surface area (Å²) in [4.78, 5) is 14.8. The molecule has 6 heteroatoms. The quantitative estimate of drug-likeness (QED) is 0.614. The maximum atomic E-state index is 13.0. The lowest BCUT2D eigenvalue weighted by molar-refractivity contribution is 0.0726. The molecule has 0 aliphatic heterocycles. The van der Waals surface area contributed by atoms with Crippen LogP contribution >= 0.6 is 11.6 Å². The van der Waals surface area contributed by atoms with Crippen LogP contribution in [-0.2, 0) is 6.54 Å². The minimum atomic E-state index is -0.0721. The Morgan fingerprint density at radius 1 is 1.22 bits per heavy atom. The maximum absolute atomic E-state index is 13.0. The van der Waals surface area contributed by atoms with E-state index in [-0.39, 0.29) is 11.9 Å². The van der Waals surface area contributed by atoms with Gasteiger partial charge >= 0.3 is 0 Å². The SMILES string of the molecule is COc1ccc(-c2cc(CN(C(=O)c3ccccc3Cl)C3CC3)no2)cc1. The molecule has 27 heavy (non-hydrogen) atoms. The predicted octanol–water partition coefficient (Wildman–Crippen LogP) is 4.81. The van der Waals surface area contributed by atoms with Crippen molar-refractivity contribution in [1.29, 1.82) is 0 Å². The normalized spacial score (nSPS) is 13.4. The molecular weight excluding hydrogens is 364 g/mol. The molecule has 0 bridgehead atoms. The van der Waals surface area contributed by atoms with Crippen LogP contribution in [-0.4, -0.2) is 29.1 Å². The Labute approximate surface area is 162 Å². The lowest BCUT2D eigenvalue weighted by Crippen LogP contribution is -2.32. The zero-order valence-corrected chi connectivity index (χ0v) is 15.6. The van der Waals surface area contributed by atoms with Gasteiger partial charge in [0.1, 0.15) is 11.4 Å².